The molecular formula is C20H34N2. The van der Waals surface area contributed by atoms with Crippen LogP contribution in [0.2, 0.25) is 0 Å². The Hall–Kier alpha value is -1.44. The van der Waals surface area contributed by atoms with Gasteiger partial charge in [-0.3, -0.25) is 0 Å². The van der Waals surface area contributed by atoms with Crippen molar-refractivity contribution in [1.82, 2.24) is 0 Å². The molecule has 1 aromatic carbocycles. The number of hydrogen-bond acceptors (Lipinski definition) is 2. The van der Waals surface area contributed by atoms with Gasteiger partial charge in [0.1, 0.15) is 0 Å². The Balaban J connectivity index is 2.96. The molecule has 0 amide bonds. The third kappa shape index (κ3) is 5.08. The second kappa shape index (κ2) is 8.87. The SMILES string of the molecule is CCC=CCCCc1c(N)c(C)cc(C(C)CC(C)C)c1N. The normalized spacial score (nSPS) is 13.2. The molecule has 124 valence electrons. The Morgan fingerprint density at radius 2 is 1.77 bits per heavy atom. The van der Waals surface area contributed by atoms with Crippen LogP contribution in [0.3, 0.4) is 0 Å². The topological polar surface area (TPSA) is 52.0 Å². The molecule has 0 saturated heterocycles. The fraction of sp³-hybridized carbons (Fsp3) is 0.600. The lowest BCUT2D eigenvalue weighted by molar-refractivity contribution is 0.524. The minimum absolute atomic E-state index is 0.484. The summed E-state index contributed by atoms with van der Waals surface area (Å²) in [6.45, 7) is 11.1. The van der Waals surface area contributed by atoms with Crippen molar-refractivity contribution in [2.75, 3.05) is 11.5 Å². The molecule has 0 aromatic heterocycles. The average molecular weight is 303 g/mol. The Labute approximate surface area is 137 Å². The molecule has 0 heterocycles. The molecule has 0 spiro atoms. The van der Waals surface area contributed by atoms with Crippen molar-refractivity contribution in [3.05, 3.63) is 34.9 Å². The van der Waals surface area contributed by atoms with Gasteiger partial charge in [0.15, 0.2) is 0 Å². The maximum absolute atomic E-state index is 6.47. The first-order valence-corrected chi connectivity index (χ1v) is 8.70. The molecule has 0 fully saturated rings. The van der Waals surface area contributed by atoms with E-state index in [1.165, 1.54) is 11.1 Å². The number of benzene rings is 1. The van der Waals surface area contributed by atoms with Crippen LogP contribution in [0.25, 0.3) is 0 Å². The lowest BCUT2D eigenvalue weighted by Crippen LogP contribution is -2.09. The molecule has 1 atom stereocenters. The van der Waals surface area contributed by atoms with E-state index < -0.39 is 0 Å². The number of unbranched alkanes of at least 4 members (excludes halogenated alkanes) is 1. The van der Waals surface area contributed by atoms with Gasteiger partial charge in [0.05, 0.1) is 0 Å². The minimum Gasteiger partial charge on any atom is -0.398 e. The van der Waals surface area contributed by atoms with Crippen LogP contribution in [0.15, 0.2) is 18.2 Å². The van der Waals surface area contributed by atoms with Crippen LogP contribution < -0.4 is 11.5 Å². The predicted octanol–water partition coefficient (Wildman–Crippen LogP) is 5.60. The van der Waals surface area contributed by atoms with Crippen LogP contribution >= 0.6 is 0 Å². The zero-order chi connectivity index (χ0) is 16.7. The molecule has 0 aliphatic carbocycles. The van der Waals surface area contributed by atoms with E-state index in [4.69, 9.17) is 11.5 Å². The van der Waals surface area contributed by atoms with Gasteiger partial charge in [-0.05, 0) is 67.6 Å². The second-order valence-electron chi connectivity index (χ2n) is 6.89. The van der Waals surface area contributed by atoms with Crippen LogP contribution in [0.4, 0.5) is 11.4 Å². The highest BCUT2D eigenvalue weighted by atomic mass is 14.6. The van der Waals surface area contributed by atoms with Gasteiger partial charge in [-0.15, -0.1) is 0 Å². The molecular weight excluding hydrogens is 268 g/mol. The number of hydrogen-bond donors (Lipinski definition) is 2. The molecule has 0 aliphatic heterocycles. The molecule has 22 heavy (non-hydrogen) atoms. The summed E-state index contributed by atoms with van der Waals surface area (Å²) in [5, 5.41) is 0. The van der Waals surface area contributed by atoms with Crippen LogP contribution in [0, 0.1) is 12.8 Å². The van der Waals surface area contributed by atoms with Crippen molar-refractivity contribution < 1.29 is 0 Å². The largest absolute Gasteiger partial charge is 0.398 e. The number of aryl methyl sites for hydroxylation is 1. The summed E-state index contributed by atoms with van der Waals surface area (Å²) >= 11 is 0. The van der Waals surface area contributed by atoms with Crippen molar-refractivity contribution in [3.8, 4) is 0 Å². The van der Waals surface area contributed by atoms with Crippen molar-refractivity contribution in [2.45, 2.75) is 72.6 Å². The van der Waals surface area contributed by atoms with Gasteiger partial charge in [-0.2, -0.15) is 0 Å². The first-order valence-electron chi connectivity index (χ1n) is 8.70. The molecule has 0 bridgehead atoms. The first kappa shape index (κ1) is 18.6. The highest BCUT2D eigenvalue weighted by Crippen LogP contribution is 2.35. The van der Waals surface area contributed by atoms with E-state index in [2.05, 4.69) is 52.8 Å². The summed E-state index contributed by atoms with van der Waals surface area (Å²) in [4.78, 5) is 0. The van der Waals surface area contributed by atoms with Crippen molar-refractivity contribution in [1.29, 1.82) is 0 Å². The number of nitrogens with two attached hydrogens (primary N) is 2. The number of nitrogen functional groups attached to an aromatic ring is 2. The average Bonchev–Trinajstić information content (AvgIpc) is 2.45. The number of anilines is 2. The smallest absolute Gasteiger partial charge is 0.0402 e. The number of rotatable bonds is 8. The molecule has 4 N–H and O–H groups in total. The number of allylic oxidation sites excluding steroid dienone is 2. The van der Waals surface area contributed by atoms with E-state index in [1.807, 2.05) is 0 Å². The molecule has 0 aliphatic rings. The van der Waals surface area contributed by atoms with Gasteiger partial charge in [0.25, 0.3) is 0 Å². The molecule has 1 aromatic rings. The highest BCUT2D eigenvalue weighted by molar-refractivity contribution is 5.69. The summed E-state index contributed by atoms with van der Waals surface area (Å²) in [5.41, 5.74) is 18.2. The predicted molar refractivity (Wildman–Crippen MR) is 100 cm³/mol. The molecule has 2 nitrogen and oxygen atoms in total. The lowest BCUT2D eigenvalue weighted by atomic mass is 9.86. The molecule has 0 saturated carbocycles. The van der Waals surface area contributed by atoms with Gasteiger partial charge in [0.2, 0.25) is 0 Å². The molecule has 2 heteroatoms. The maximum atomic E-state index is 6.47. The van der Waals surface area contributed by atoms with E-state index in [1.54, 1.807) is 0 Å². The Morgan fingerprint density at radius 3 is 2.36 bits per heavy atom. The van der Waals surface area contributed by atoms with Crippen molar-refractivity contribution in [2.24, 2.45) is 5.92 Å². The minimum atomic E-state index is 0.484. The van der Waals surface area contributed by atoms with Crippen LogP contribution in [-0.4, -0.2) is 0 Å². The van der Waals surface area contributed by atoms with E-state index in [-0.39, 0.29) is 0 Å². The highest BCUT2D eigenvalue weighted by Gasteiger charge is 2.17. The lowest BCUT2D eigenvalue weighted by Gasteiger charge is -2.21. The monoisotopic (exact) mass is 302 g/mol. The Kier molecular flexibility index (Phi) is 7.50. The van der Waals surface area contributed by atoms with Crippen LogP contribution in [-0.2, 0) is 6.42 Å². The van der Waals surface area contributed by atoms with Gasteiger partial charge in [-0.1, -0.05) is 45.9 Å². The Bertz CT molecular complexity index is 501. The third-order valence-corrected chi connectivity index (χ3v) is 4.31. The summed E-state index contributed by atoms with van der Waals surface area (Å²) in [5.74, 6) is 1.16. The quantitative estimate of drug-likeness (QED) is 0.373. The zero-order valence-electron chi connectivity index (χ0n) is 15.1. The summed E-state index contributed by atoms with van der Waals surface area (Å²) in [6, 6.07) is 2.19. The summed E-state index contributed by atoms with van der Waals surface area (Å²) in [7, 11) is 0. The molecule has 0 radical (unpaired) electrons. The van der Waals surface area contributed by atoms with Gasteiger partial charge in [-0.25, -0.2) is 0 Å². The van der Waals surface area contributed by atoms with Crippen molar-refractivity contribution >= 4 is 11.4 Å². The van der Waals surface area contributed by atoms with Crippen molar-refractivity contribution in [3.63, 3.8) is 0 Å². The van der Waals surface area contributed by atoms with Gasteiger partial charge in [0, 0.05) is 11.4 Å². The van der Waals surface area contributed by atoms with Crippen LogP contribution in [0.5, 0.6) is 0 Å². The maximum Gasteiger partial charge on any atom is 0.0402 e. The standard InChI is InChI=1S/C20H34N2/c1-6-7-8-9-10-11-17-19(21)16(5)13-18(20(17)22)15(4)12-14(2)3/h7-8,13-15H,6,9-12,21-22H2,1-5H3. The van der Waals surface area contributed by atoms with E-state index in [9.17, 15) is 0 Å². The fourth-order valence-electron chi connectivity index (χ4n) is 3.14. The second-order valence-corrected chi connectivity index (χ2v) is 6.89. The van der Waals surface area contributed by atoms with E-state index in [0.717, 1.165) is 49.0 Å². The first-order chi connectivity index (χ1) is 10.4. The van der Waals surface area contributed by atoms with Gasteiger partial charge >= 0.3 is 0 Å². The molecule has 1 rings (SSSR count). The molecule has 1 unspecified atom stereocenters. The zero-order valence-corrected chi connectivity index (χ0v) is 15.1. The Morgan fingerprint density at radius 1 is 1.09 bits per heavy atom. The third-order valence-electron chi connectivity index (χ3n) is 4.31. The van der Waals surface area contributed by atoms with Crippen LogP contribution in [0.1, 0.15) is 76.0 Å². The summed E-state index contributed by atoms with van der Waals surface area (Å²) in [6.07, 6.45) is 9.90. The fourth-order valence-corrected chi connectivity index (χ4v) is 3.14. The van der Waals surface area contributed by atoms with Gasteiger partial charge < -0.3 is 11.5 Å². The van der Waals surface area contributed by atoms with E-state index in [0.29, 0.717) is 11.8 Å². The van der Waals surface area contributed by atoms with E-state index >= 15 is 0 Å². The summed E-state index contributed by atoms with van der Waals surface area (Å²) < 4.78 is 0.